The van der Waals surface area contributed by atoms with Crippen molar-refractivity contribution in [3.05, 3.63) is 0 Å². The molecule has 0 spiro atoms. The first-order valence-corrected chi connectivity index (χ1v) is 5.86. The second-order valence-electron chi connectivity index (χ2n) is 0.848. The molecule has 82 valence electrons. The van der Waals surface area contributed by atoms with Crippen molar-refractivity contribution in [3.8, 4) is 0 Å². The Morgan fingerprint density at radius 3 is 0.538 bits per heavy atom. The van der Waals surface area contributed by atoms with E-state index in [1.165, 1.54) is 0 Å². The number of hydrogen-bond acceptors (Lipinski definition) is 3. The number of rotatable bonds is 0. The predicted octanol–water partition coefficient (Wildman–Crippen LogP) is -1.92. The topological polar surface area (TPSA) is 173 Å². The number of hydrogen-bond donors (Lipinski definition) is 6. The van der Waals surface area contributed by atoms with Gasteiger partial charge in [0.05, 0.1) is 0 Å². The van der Waals surface area contributed by atoms with E-state index in [2.05, 4.69) is 0 Å². The molecule has 13 heavy (non-hydrogen) atoms. The van der Waals surface area contributed by atoms with Gasteiger partial charge in [-0.3, -0.25) is 13.7 Å². The van der Waals surface area contributed by atoms with Gasteiger partial charge in [0, 0.05) is 25.8 Å². The van der Waals surface area contributed by atoms with Crippen LogP contribution in [0.4, 0.5) is 0 Å². The largest absolute Gasteiger partial charge is 0.326 e. The van der Waals surface area contributed by atoms with Crippen molar-refractivity contribution in [1.29, 1.82) is 0 Å². The van der Waals surface area contributed by atoms with Crippen LogP contribution in [0.15, 0.2) is 0 Å². The average molecular weight is 424 g/mol. The van der Waals surface area contributed by atoms with Crippen molar-refractivity contribution < 1.29 is 68.9 Å². The van der Waals surface area contributed by atoms with Crippen molar-refractivity contribution >= 4 is 24.8 Å². The van der Waals surface area contributed by atoms with Gasteiger partial charge >= 0.3 is 24.8 Å². The summed E-state index contributed by atoms with van der Waals surface area (Å²) in [6, 6.07) is 0. The maximum absolute atomic E-state index is 8.74. The molecule has 0 aliphatic rings. The summed E-state index contributed by atoms with van der Waals surface area (Å²) in [7, 11) is -9.39. The van der Waals surface area contributed by atoms with Crippen LogP contribution >= 0.6 is 24.8 Å². The first kappa shape index (κ1) is 23.9. The summed E-state index contributed by atoms with van der Waals surface area (Å²) < 4.78 is 26.2. The van der Waals surface area contributed by atoms with Crippen LogP contribution in [-0.4, -0.2) is 29.4 Å². The van der Waals surface area contributed by atoms with Gasteiger partial charge in [-0.2, -0.15) is 0 Å². The van der Waals surface area contributed by atoms with Gasteiger partial charge in [0.15, 0.2) is 0 Å². The SMILES string of the molecule is O=[PH](O)O.O=[PH](O)O.O=[PH](O)O.[Hf]. The second kappa shape index (κ2) is 19.0. The molecule has 0 unspecified atom stereocenters. The van der Waals surface area contributed by atoms with Crippen LogP contribution < -0.4 is 0 Å². The molecule has 0 radical (unpaired) electrons. The zero-order chi connectivity index (χ0) is 10.7. The van der Waals surface area contributed by atoms with Gasteiger partial charge in [-0.25, -0.2) is 0 Å². The van der Waals surface area contributed by atoms with Crippen molar-refractivity contribution in [2.75, 3.05) is 0 Å². The van der Waals surface area contributed by atoms with Crippen LogP contribution in [0.1, 0.15) is 0 Å². The van der Waals surface area contributed by atoms with Crippen LogP contribution in [0.2, 0.25) is 0 Å². The van der Waals surface area contributed by atoms with E-state index in [-0.39, 0.29) is 25.8 Å². The summed E-state index contributed by atoms with van der Waals surface area (Å²) in [5.74, 6) is 0. The maximum Gasteiger partial charge on any atom is 0.314 e. The third-order valence-corrected chi connectivity index (χ3v) is 0. The third kappa shape index (κ3) is 979. The summed E-state index contributed by atoms with van der Waals surface area (Å²) in [5.41, 5.74) is 0. The molecule has 13 heteroatoms. The van der Waals surface area contributed by atoms with Gasteiger partial charge in [-0.15, -0.1) is 0 Å². The molecular weight excluding hydrogens is 415 g/mol. The van der Waals surface area contributed by atoms with Crippen molar-refractivity contribution in [2.45, 2.75) is 0 Å². The average Bonchev–Trinajstić information content (AvgIpc) is 1.54. The molecule has 0 aromatic heterocycles. The Labute approximate surface area is 93.7 Å². The quantitative estimate of drug-likeness (QED) is 0.191. The predicted molar refractivity (Wildman–Crippen MR) is 40.3 cm³/mol. The maximum atomic E-state index is 8.74. The Hall–Kier alpha value is 1.32. The fourth-order valence-electron chi connectivity index (χ4n) is 0. The second-order valence-corrected chi connectivity index (χ2v) is 2.54. The van der Waals surface area contributed by atoms with Gasteiger partial charge in [0.1, 0.15) is 0 Å². The molecule has 0 aliphatic heterocycles. The molecule has 0 amide bonds. The Balaban J connectivity index is -0.0000000450. The van der Waals surface area contributed by atoms with Gasteiger partial charge < -0.3 is 29.4 Å². The monoisotopic (exact) mass is 426 g/mol. The van der Waals surface area contributed by atoms with Crippen molar-refractivity contribution in [1.82, 2.24) is 0 Å². The first-order chi connectivity index (χ1) is 5.20. The normalized spacial score (nSPS) is 8.08. The fourth-order valence-corrected chi connectivity index (χ4v) is 0. The Morgan fingerprint density at radius 1 is 0.538 bits per heavy atom. The molecule has 0 rings (SSSR count). The molecular formula is H9HfO9P3. The van der Waals surface area contributed by atoms with E-state index in [0.29, 0.717) is 0 Å². The summed E-state index contributed by atoms with van der Waals surface area (Å²) in [4.78, 5) is 42.9. The minimum atomic E-state index is -3.13. The first-order valence-electron chi connectivity index (χ1n) is 1.95. The summed E-state index contributed by atoms with van der Waals surface area (Å²) >= 11 is 0. The van der Waals surface area contributed by atoms with Crippen molar-refractivity contribution in [2.24, 2.45) is 0 Å². The zero-order valence-electron chi connectivity index (χ0n) is 5.91. The van der Waals surface area contributed by atoms with Gasteiger partial charge in [-0.1, -0.05) is 0 Å². The van der Waals surface area contributed by atoms with Crippen LogP contribution in [-0.2, 0) is 39.5 Å². The van der Waals surface area contributed by atoms with Crippen LogP contribution in [0.5, 0.6) is 0 Å². The van der Waals surface area contributed by atoms with Gasteiger partial charge in [-0.05, 0) is 0 Å². The Kier molecular flexibility index (Phi) is 34.8. The van der Waals surface area contributed by atoms with Gasteiger partial charge in [0.25, 0.3) is 0 Å². The smallest absolute Gasteiger partial charge is 0.314 e. The van der Waals surface area contributed by atoms with Crippen LogP contribution in [0.25, 0.3) is 0 Å². The van der Waals surface area contributed by atoms with Crippen LogP contribution in [0.3, 0.4) is 0 Å². The molecule has 0 saturated heterocycles. The van der Waals surface area contributed by atoms with E-state index in [4.69, 9.17) is 43.1 Å². The molecule has 0 bridgehead atoms. The zero-order valence-corrected chi connectivity index (χ0v) is 12.5. The fraction of sp³-hybridized carbons (Fsp3) is 0. The summed E-state index contributed by atoms with van der Waals surface area (Å²) in [6.07, 6.45) is 0. The molecule has 0 fully saturated rings. The standard InChI is InChI=1S/Hf.3H3O3P/c;3*1-4(2)3/h;3*4H,(H2,1,2,3). The molecule has 0 aliphatic carbocycles. The van der Waals surface area contributed by atoms with Crippen LogP contribution in [0, 0.1) is 0 Å². The third-order valence-electron chi connectivity index (χ3n) is 0. The molecule has 0 saturated carbocycles. The molecule has 0 heterocycles. The molecule has 0 aromatic rings. The Bertz CT molecular complexity index is 112. The summed E-state index contributed by atoms with van der Waals surface area (Å²) in [6.45, 7) is 0. The van der Waals surface area contributed by atoms with Crippen molar-refractivity contribution in [3.63, 3.8) is 0 Å². The van der Waals surface area contributed by atoms with E-state index >= 15 is 0 Å². The van der Waals surface area contributed by atoms with E-state index in [1.807, 2.05) is 0 Å². The molecule has 6 N–H and O–H groups in total. The Morgan fingerprint density at radius 2 is 0.538 bits per heavy atom. The minimum absolute atomic E-state index is 0. The molecule has 0 aromatic carbocycles. The van der Waals surface area contributed by atoms with E-state index < -0.39 is 24.8 Å². The molecule has 9 nitrogen and oxygen atoms in total. The van der Waals surface area contributed by atoms with E-state index in [9.17, 15) is 0 Å². The summed E-state index contributed by atoms with van der Waals surface area (Å²) in [5, 5.41) is 0. The van der Waals surface area contributed by atoms with Gasteiger partial charge in [0.2, 0.25) is 0 Å². The van der Waals surface area contributed by atoms with E-state index in [0.717, 1.165) is 0 Å². The van der Waals surface area contributed by atoms with E-state index in [1.54, 1.807) is 0 Å². The minimum Gasteiger partial charge on any atom is -0.326 e. The molecule has 0 atom stereocenters.